The summed E-state index contributed by atoms with van der Waals surface area (Å²) in [5.41, 5.74) is -0.647. The number of likely N-dealkylation sites (tertiary alicyclic amines) is 1. The van der Waals surface area contributed by atoms with E-state index < -0.39 is 11.5 Å². The summed E-state index contributed by atoms with van der Waals surface area (Å²) >= 11 is 0. The minimum atomic E-state index is -1.20. The molecule has 98 valence electrons. The molecule has 0 amide bonds. The van der Waals surface area contributed by atoms with E-state index in [0.29, 0.717) is 13.1 Å². The Kier molecular flexibility index (Phi) is 3.66. The first-order valence-corrected chi connectivity index (χ1v) is 5.97. The van der Waals surface area contributed by atoms with Crippen molar-refractivity contribution >= 4 is 5.97 Å². The van der Waals surface area contributed by atoms with Crippen LogP contribution in [0.1, 0.15) is 23.3 Å². The van der Waals surface area contributed by atoms with Crippen molar-refractivity contribution in [2.24, 2.45) is 0 Å². The first-order chi connectivity index (χ1) is 8.58. The highest BCUT2D eigenvalue weighted by Gasteiger charge is 2.15. The highest BCUT2D eigenvalue weighted by molar-refractivity contribution is 5.86. The fourth-order valence-electron chi connectivity index (χ4n) is 2.24. The number of hydrogen-bond donors (Lipinski definition) is 2. The van der Waals surface area contributed by atoms with Gasteiger partial charge in [-0.2, -0.15) is 0 Å². The Morgan fingerprint density at radius 3 is 2.50 bits per heavy atom. The second kappa shape index (κ2) is 5.22. The largest absolute Gasteiger partial charge is 0.508 e. The number of rotatable bonds is 4. The zero-order chi connectivity index (χ0) is 13.1. The molecule has 18 heavy (non-hydrogen) atoms. The normalized spacial score (nSPS) is 16.0. The Morgan fingerprint density at radius 1 is 1.22 bits per heavy atom. The van der Waals surface area contributed by atoms with Crippen LogP contribution in [0.25, 0.3) is 0 Å². The Bertz CT molecular complexity index is 503. The molecule has 0 aromatic carbocycles. The average Bonchev–Trinajstić information content (AvgIpc) is 2.79. The number of nitrogens with zero attached hydrogens (tertiary/aromatic N) is 2. The van der Waals surface area contributed by atoms with Crippen molar-refractivity contribution in [1.82, 2.24) is 9.47 Å². The van der Waals surface area contributed by atoms with Crippen LogP contribution in [0.4, 0.5) is 0 Å². The van der Waals surface area contributed by atoms with Gasteiger partial charge in [0.05, 0.1) is 0 Å². The quantitative estimate of drug-likeness (QED) is 0.807. The summed E-state index contributed by atoms with van der Waals surface area (Å²) in [6, 6.07) is 2.14. The van der Waals surface area contributed by atoms with Gasteiger partial charge in [-0.05, 0) is 25.9 Å². The molecule has 2 heterocycles. The van der Waals surface area contributed by atoms with Gasteiger partial charge in [0.25, 0.3) is 5.56 Å². The summed E-state index contributed by atoms with van der Waals surface area (Å²) in [6.07, 6.45) is 2.30. The summed E-state index contributed by atoms with van der Waals surface area (Å²) in [7, 11) is 0. The van der Waals surface area contributed by atoms with E-state index in [1.54, 1.807) is 0 Å². The van der Waals surface area contributed by atoms with Gasteiger partial charge in [-0.15, -0.1) is 0 Å². The van der Waals surface area contributed by atoms with E-state index in [1.165, 1.54) is 4.57 Å². The second-order valence-electron chi connectivity index (χ2n) is 4.44. The molecule has 1 aromatic heterocycles. The van der Waals surface area contributed by atoms with Crippen LogP contribution in [0.3, 0.4) is 0 Å². The summed E-state index contributed by atoms with van der Waals surface area (Å²) in [5.74, 6) is -1.51. The van der Waals surface area contributed by atoms with Crippen LogP contribution in [0.5, 0.6) is 5.75 Å². The van der Waals surface area contributed by atoms with Gasteiger partial charge < -0.3 is 19.7 Å². The topological polar surface area (TPSA) is 82.8 Å². The van der Waals surface area contributed by atoms with Crippen molar-refractivity contribution < 1.29 is 15.0 Å². The molecule has 0 saturated carbocycles. The molecule has 2 N–H and O–H groups in total. The molecule has 1 aliphatic rings. The van der Waals surface area contributed by atoms with Crippen LogP contribution in [0.15, 0.2) is 16.9 Å². The van der Waals surface area contributed by atoms with Crippen molar-refractivity contribution in [1.29, 1.82) is 0 Å². The summed E-state index contributed by atoms with van der Waals surface area (Å²) in [6.45, 7) is 2.98. The highest BCUT2D eigenvalue weighted by Crippen LogP contribution is 2.10. The Morgan fingerprint density at radius 2 is 1.89 bits per heavy atom. The van der Waals surface area contributed by atoms with Gasteiger partial charge in [-0.25, -0.2) is 4.79 Å². The molecule has 6 heteroatoms. The van der Waals surface area contributed by atoms with E-state index in [0.717, 1.165) is 38.1 Å². The standard InChI is InChI=1S/C12H16N2O4/c15-9-7-10(12(17)18)14(11(16)8-9)6-5-13-3-1-2-4-13/h7-8,15H,1-6H2,(H,17,18). The maximum Gasteiger partial charge on any atom is 0.352 e. The molecule has 2 rings (SSSR count). The number of aromatic carboxylic acids is 1. The third-order valence-corrected chi connectivity index (χ3v) is 3.17. The van der Waals surface area contributed by atoms with Gasteiger partial charge in [0.1, 0.15) is 11.4 Å². The average molecular weight is 252 g/mol. The van der Waals surface area contributed by atoms with E-state index in [4.69, 9.17) is 5.11 Å². The first-order valence-electron chi connectivity index (χ1n) is 5.97. The van der Waals surface area contributed by atoms with Crippen LogP contribution < -0.4 is 5.56 Å². The van der Waals surface area contributed by atoms with Gasteiger partial charge in [0, 0.05) is 25.2 Å². The summed E-state index contributed by atoms with van der Waals surface area (Å²) < 4.78 is 1.19. The van der Waals surface area contributed by atoms with E-state index >= 15 is 0 Å². The van der Waals surface area contributed by atoms with Gasteiger partial charge in [-0.1, -0.05) is 0 Å². The molecule has 0 spiro atoms. The maximum absolute atomic E-state index is 11.7. The van der Waals surface area contributed by atoms with Gasteiger partial charge in [-0.3, -0.25) is 4.79 Å². The second-order valence-corrected chi connectivity index (χ2v) is 4.44. The number of aromatic nitrogens is 1. The predicted octanol–water partition coefficient (Wildman–Crippen LogP) is 0.348. The van der Waals surface area contributed by atoms with Gasteiger partial charge in [0.15, 0.2) is 0 Å². The SMILES string of the molecule is O=C(O)c1cc(O)cc(=O)n1CCN1CCCC1. The summed E-state index contributed by atoms with van der Waals surface area (Å²) in [4.78, 5) is 24.9. The zero-order valence-corrected chi connectivity index (χ0v) is 10.0. The van der Waals surface area contributed by atoms with Crippen molar-refractivity contribution in [2.45, 2.75) is 19.4 Å². The molecule has 0 radical (unpaired) electrons. The van der Waals surface area contributed by atoms with E-state index in [2.05, 4.69) is 4.90 Å². The van der Waals surface area contributed by atoms with Crippen LogP contribution in [0, 0.1) is 0 Å². The number of carbonyl (C=O) groups is 1. The van der Waals surface area contributed by atoms with Crippen LogP contribution in [-0.2, 0) is 6.54 Å². The van der Waals surface area contributed by atoms with E-state index in [-0.39, 0.29) is 11.4 Å². The van der Waals surface area contributed by atoms with Crippen molar-refractivity contribution in [3.63, 3.8) is 0 Å². The zero-order valence-electron chi connectivity index (χ0n) is 10.0. The fraction of sp³-hybridized carbons (Fsp3) is 0.500. The van der Waals surface area contributed by atoms with E-state index in [1.807, 2.05) is 0 Å². The minimum Gasteiger partial charge on any atom is -0.508 e. The van der Waals surface area contributed by atoms with Crippen molar-refractivity contribution in [3.8, 4) is 5.75 Å². The summed E-state index contributed by atoms with van der Waals surface area (Å²) in [5, 5.41) is 18.3. The highest BCUT2D eigenvalue weighted by atomic mass is 16.4. The molecular weight excluding hydrogens is 236 g/mol. The predicted molar refractivity (Wildman–Crippen MR) is 65.0 cm³/mol. The molecule has 1 saturated heterocycles. The number of carboxylic acid groups (broad SMARTS) is 1. The Labute approximate surface area is 104 Å². The lowest BCUT2D eigenvalue weighted by Gasteiger charge is -2.16. The van der Waals surface area contributed by atoms with Gasteiger partial charge in [0.2, 0.25) is 0 Å². The lowest BCUT2D eigenvalue weighted by Crippen LogP contribution is -2.31. The molecule has 6 nitrogen and oxygen atoms in total. The molecule has 1 fully saturated rings. The Balaban J connectivity index is 2.20. The molecule has 0 aliphatic carbocycles. The van der Waals surface area contributed by atoms with Crippen molar-refractivity contribution in [3.05, 3.63) is 28.2 Å². The molecule has 0 atom stereocenters. The van der Waals surface area contributed by atoms with Crippen LogP contribution in [0.2, 0.25) is 0 Å². The Hall–Kier alpha value is -1.82. The first kappa shape index (κ1) is 12.6. The molecular formula is C12H16N2O4. The van der Waals surface area contributed by atoms with Crippen LogP contribution >= 0.6 is 0 Å². The number of carboxylic acids is 1. The molecule has 1 aromatic rings. The van der Waals surface area contributed by atoms with E-state index in [9.17, 15) is 14.7 Å². The number of pyridine rings is 1. The monoisotopic (exact) mass is 252 g/mol. The molecule has 1 aliphatic heterocycles. The van der Waals surface area contributed by atoms with Crippen LogP contribution in [-0.4, -0.2) is 45.3 Å². The lowest BCUT2D eigenvalue weighted by molar-refractivity contribution is 0.0682. The number of hydrogen-bond acceptors (Lipinski definition) is 4. The minimum absolute atomic E-state index is 0.167. The van der Waals surface area contributed by atoms with Crippen molar-refractivity contribution in [2.75, 3.05) is 19.6 Å². The van der Waals surface area contributed by atoms with Gasteiger partial charge >= 0.3 is 5.97 Å². The third-order valence-electron chi connectivity index (χ3n) is 3.17. The lowest BCUT2D eigenvalue weighted by atomic mass is 10.3. The maximum atomic E-state index is 11.7. The molecule has 0 unspecified atom stereocenters. The fourth-order valence-corrected chi connectivity index (χ4v) is 2.24. The third kappa shape index (κ3) is 2.70. The smallest absolute Gasteiger partial charge is 0.352 e. The molecule has 0 bridgehead atoms. The number of aromatic hydroxyl groups is 1.